The maximum Gasteiger partial charge on any atom is 0.418 e. The fraction of sp³-hybridized carbons (Fsp3) is 0.278. The first kappa shape index (κ1) is 21.7. The van der Waals surface area contributed by atoms with Gasteiger partial charge in [-0.25, -0.2) is 0 Å². The summed E-state index contributed by atoms with van der Waals surface area (Å²) in [4.78, 5) is 12.2. The number of anilines is 2. The Bertz CT molecular complexity index is 958. The molecule has 2 aromatic rings. The Morgan fingerprint density at radius 1 is 1.18 bits per heavy atom. The molecule has 10 heteroatoms. The van der Waals surface area contributed by atoms with Crippen LogP contribution in [-0.4, -0.2) is 20.4 Å². The number of nitrogens with two attached hydrogens (primary N) is 1. The first-order chi connectivity index (χ1) is 12.9. The second-order valence-corrected chi connectivity index (χ2v) is 7.62. The standard InChI is InChI=1S/C18H19F3N2O4S/c1-3-16(27-28(25,26)13-7-4-11(2)5-8-13)17(24)23-12-6-9-15(22)14(10-12)18(19,20)21/h4-10,16H,3,22H2,1-2H3,(H,23,24)/t16-/m1/s1. The van der Waals surface area contributed by atoms with Gasteiger partial charge in [0.15, 0.2) is 6.10 Å². The number of benzene rings is 2. The number of nitrogens with one attached hydrogen (secondary N) is 1. The molecular weight excluding hydrogens is 397 g/mol. The summed E-state index contributed by atoms with van der Waals surface area (Å²) >= 11 is 0. The zero-order valence-electron chi connectivity index (χ0n) is 15.1. The van der Waals surface area contributed by atoms with E-state index in [-0.39, 0.29) is 17.0 Å². The van der Waals surface area contributed by atoms with Crippen LogP contribution in [0.3, 0.4) is 0 Å². The van der Waals surface area contributed by atoms with Gasteiger partial charge >= 0.3 is 6.18 Å². The minimum Gasteiger partial charge on any atom is -0.398 e. The quantitative estimate of drug-likeness (QED) is 0.552. The second kappa shape index (κ2) is 8.19. The summed E-state index contributed by atoms with van der Waals surface area (Å²) in [5.41, 5.74) is 4.38. The Morgan fingerprint density at radius 3 is 2.32 bits per heavy atom. The molecule has 2 aromatic carbocycles. The van der Waals surface area contributed by atoms with Gasteiger partial charge in [-0.3, -0.25) is 8.98 Å². The van der Waals surface area contributed by atoms with Crippen molar-refractivity contribution >= 4 is 27.4 Å². The van der Waals surface area contributed by atoms with Crippen LogP contribution in [-0.2, 0) is 25.3 Å². The van der Waals surface area contributed by atoms with Crippen LogP contribution in [0.4, 0.5) is 24.5 Å². The third-order valence-corrected chi connectivity index (χ3v) is 5.18. The molecule has 2 rings (SSSR count). The van der Waals surface area contributed by atoms with Crippen molar-refractivity contribution in [3.05, 3.63) is 53.6 Å². The second-order valence-electron chi connectivity index (χ2n) is 6.05. The molecule has 0 aliphatic rings. The van der Waals surface area contributed by atoms with E-state index < -0.39 is 39.6 Å². The number of rotatable bonds is 6. The summed E-state index contributed by atoms with van der Waals surface area (Å²) in [7, 11) is -4.22. The average molecular weight is 416 g/mol. The average Bonchev–Trinajstić information content (AvgIpc) is 2.60. The lowest BCUT2D eigenvalue weighted by Crippen LogP contribution is -2.32. The van der Waals surface area contributed by atoms with Crippen LogP contribution in [0.5, 0.6) is 0 Å². The smallest absolute Gasteiger partial charge is 0.398 e. The highest BCUT2D eigenvalue weighted by Crippen LogP contribution is 2.35. The number of carbonyl (C=O) groups is 1. The molecule has 152 valence electrons. The van der Waals surface area contributed by atoms with Gasteiger partial charge in [0.1, 0.15) is 0 Å². The molecule has 0 saturated carbocycles. The van der Waals surface area contributed by atoms with E-state index in [2.05, 4.69) is 5.32 Å². The summed E-state index contributed by atoms with van der Waals surface area (Å²) in [5, 5.41) is 2.23. The lowest BCUT2D eigenvalue weighted by Gasteiger charge is -2.17. The number of halogens is 3. The molecule has 0 fully saturated rings. The maximum atomic E-state index is 12.9. The van der Waals surface area contributed by atoms with Crippen molar-refractivity contribution in [2.45, 2.75) is 37.4 Å². The van der Waals surface area contributed by atoms with E-state index >= 15 is 0 Å². The summed E-state index contributed by atoms with van der Waals surface area (Å²) in [6.07, 6.45) is -6.13. The Hall–Kier alpha value is -2.59. The molecule has 0 spiro atoms. The highest BCUT2D eigenvalue weighted by molar-refractivity contribution is 7.86. The van der Waals surface area contributed by atoms with Crippen LogP contribution in [0.1, 0.15) is 24.5 Å². The van der Waals surface area contributed by atoms with E-state index in [0.29, 0.717) is 6.07 Å². The van der Waals surface area contributed by atoms with Gasteiger partial charge in [0, 0.05) is 11.4 Å². The number of hydrogen-bond donors (Lipinski definition) is 2. The van der Waals surface area contributed by atoms with Crippen molar-refractivity contribution in [3.8, 4) is 0 Å². The minimum absolute atomic E-state index is 0.0158. The number of carbonyl (C=O) groups excluding carboxylic acids is 1. The summed E-state index contributed by atoms with van der Waals surface area (Å²) in [6, 6.07) is 8.69. The molecular formula is C18H19F3N2O4S. The lowest BCUT2D eigenvalue weighted by atomic mass is 10.1. The van der Waals surface area contributed by atoms with Crippen molar-refractivity contribution in [2.24, 2.45) is 0 Å². The van der Waals surface area contributed by atoms with Gasteiger partial charge in [-0.15, -0.1) is 0 Å². The Morgan fingerprint density at radius 2 is 1.79 bits per heavy atom. The van der Waals surface area contributed by atoms with Crippen LogP contribution in [0.15, 0.2) is 47.4 Å². The van der Waals surface area contributed by atoms with Gasteiger partial charge in [0.2, 0.25) is 0 Å². The largest absolute Gasteiger partial charge is 0.418 e. The fourth-order valence-electron chi connectivity index (χ4n) is 2.31. The number of aryl methyl sites for hydroxylation is 1. The van der Waals surface area contributed by atoms with Crippen LogP contribution >= 0.6 is 0 Å². The Balaban J connectivity index is 2.19. The predicted octanol–water partition coefficient (Wildman–Crippen LogP) is 3.72. The summed E-state index contributed by atoms with van der Waals surface area (Å²) < 4.78 is 68.4. The molecule has 0 heterocycles. The lowest BCUT2D eigenvalue weighted by molar-refractivity contribution is -0.137. The van der Waals surface area contributed by atoms with Crippen molar-refractivity contribution < 1.29 is 30.6 Å². The summed E-state index contributed by atoms with van der Waals surface area (Å²) in [6.45, 7) is 3.29. The zero-order chi connectivity index (χ0) is 21.1. The first-order valence-corrected chi connectivity index (χ1v) is 9.62. The molecule has 0 bridgehead atoms. The van der Waals surface area contributed by atoms with E-state index in [4.69, 9.17) is 9.92 Å². The van der Waals surface area contributed by atoms with E-state index in [1.807, 2.05) is 0 Å². The molecule has 0 aromatic heterocycles. The van der Waals surface area contributed by atoms with Crippen molar-refractivity contribution in [3.63, 3.8) is 0 Å². The zero-order valence-corrected chi connectivity index (χ0v) is 15.9. The Kier molecular flexibility index (Phi) is 6.35. The monoisotopic (exact) mass is 416 g/mol. The molecule has 3 N–H and O–H groups in total. The highest BCUT2D eigenvalue weighted by Gasteiger charge is 2.33. The van der Waals surface area contributed by atoms with Gasteiger partial charge in [0.25, 0.3) is 16.0 Å². The van der Waals surface area contributed by atoms with E-state index in [0.717, 1.165) is 11.6 Å². The van der Waals surface area contributed by atoms with Gasteiger partial charge < -0.3 is 11.1 Å². The van der Waals surface area contributed by atoms with E-state index in [1.54, 1.807) is 19.1 Å². The third-order valence-electron chi connectivity index (χ3n) is 3.84. The number of nitrogen functional groups attached to an aromatic ring is 1. The molecule has 0 aliphatic heterocycles. The minimum atomic E-state index is -4.69. The third kappa shape index (κ3) is 5.23. The molecule has 1 atom stereocenters. The van der Waals surface area contributed by atoms with Crippen molar-refractivity contribution in [2.75, 3.05) is 11.1 Å². The van der Waals surface area contributed by atoms with E-state index in [9.17, 15) is 26.4 Å². The number of amides is 1. The van der Waals surface area contributed by atoms with Gasteiger partial charge in [-0.2, -0.15) is 21.6 Å². The highest BCUT2D eigenvalue weighted by atomic mass is 32.2. The molecule has 28 heavy (non-hydrogen) atoms. The van der Waals surface area contributed by atoms with Crippen LogP contribution in [0.2, 0.25) is 0 Å². The predicted molar refractivity (Wildman–Crippen MR) is 98.0 cm³/mol. The number of hydrogen-bond acceptors (Lipinski definition) is 5. The Labute approximate surface area is 160 Å². The van der Waals surface area contributed by atoms with Gasteiger partial charge in [-0.05, 0) is 43.7 Å². The van der Waals surface area contributed by atoms with Crippen LogP contribution in [0.25, 0.3) is 0 Å². The number of alkyl halides is 3. The first-order valence-electron chi connectivity index (χ1n) is 8.21. The SMILES string of the molecule is CC[C@@H](OS(=O)(=O)c1ccc(C)cc1)C(=O)Nc1ccc(N)c(C(F)(F)F)c1. The topological polar surface area (TPSA) is 98.5 Å². The van der Waals surface area contributed by atoms with Crippen molar-refractivity contribution in [1.82, 2.24) is 0 Å². The van der Waals surface area contributed by atoms with Crippen molar-refractivity contribution in [1.29, 1.82) is 0 Å². The maximum absolute atomic E-state index is 12.9. The van der Waals surface area contributed by atoms with Gasteiger partial charge in [0.05, 0.1) is 10.5 Å². The van der Waals surface area contributed by atoms with Crippen LogP contribution in [0, 0.1) is 6.92 Å². The van der Waals surface area contributed by atoms with E-state index in [1.165, 1.54) is 25.1 Å². The molecule has 0 saturated heterocycles. The molecule has 0 radical (unpaired) electrons. The molecule has 6 nitrogen and oxygen atoms in total. The molecule has 0 unspecified atom stereocenters. The fourth-order valence-corrected chi connectivity index (χ4v) is 3.42. The molecule has 1 amide bonds. The van der Waals surface area contributed by atoms with Gasteiger partial charge in [-0.1, -0.05) is 24.6 Å². The molecule has 0 aliphatic carbocycles. The normalized spacial score (nSPS) is 13.2. The summed E-state index contributed by atoms with van der Waals surface area (Å²) in [5.74, 6) is -0.893. The van der Waals surface area contributed by atoms with Crippen LogP contribution < -0.4 is 11.1 Å².